The van der Waals surface area contributed by atoms with Crippen LogP contribution in [-0.2, 0) is 23.6 Å². The van der Waals surface area contributed by atoms with Gasteiger partial charge in [0.25, 0.3) is 6.20 Å². The van der Waals surface area contributed by atoms with Gasteiger partial charge < -0.3 is 24.7 Å². The normalized spacial score (nSPS) is 12.0. The molecule has 1 heterocycles. The first-order chi connectivity index (χ1) is 11.3. The number of nitrogens with two attached hydrogens (primary N) is 1. The third-order valence-electron chi connectivity index (χ3n) is 3.20. The predicted molar refractivity (Wildman–Crippen MR) is 94.9 cm³/mol. The van der Waals surface area contributed by atoms with E-state index < -0.39 is 4.92 Å². The van der Waals surface area contributed by atoms with Crippen LogP contribution in [0.25, 0.3) is 0 Å². The Kier molecular flexibility index (Phi) is 8.66. The zero-order valence-electron chi connectivity index (χ0n) is 14.7. The lowest BCUT2D eigenvalue weighted by molar-refractivity contribution is -0.404. The van der Waals surface area contributed by atoms with Gasteiger partial charge in [0.15, 0.2) is 5.82 Å². The summed E-state index contributed by atoms with van der Waals surface area (Å²) in [6.45, 7) is 1.88. The van der Waals surface area contributed by atoms with Gasteiger partial charge in [0.2, 0.25) is 0 Å². The number of rotatable bonds is 11. The molecule has 0 atom stereocenters. The van der Waals surface area contributed by atoms with E-state index in [1.165, 1.54) is 0 Å². The van der Waals surface area contributed by atoms with E-state index in [-0.39, 0.29) is 5.82 Å². The molecule has 1 rings (SSSR count). The van der Waals surface area contributed by atoms with Crippen molar-refractivity contribution in [3.63, 3.8) is 0 Å². The summed E-state index contributed by atoms with van der Waals surface area (Å²) >= 11 is 1.69. The van der Waals surface area contributed by atoms with Gasteiger partial charge >= 0.3 is 0 Å². The van der Waals surface area contributed by atoms with Gasteiger partial charge in [-0.15, -0.1) is 0 Å². The molecular weight excluding hydrogens is 332 g/mol. The van der Waals surface area contributed by atoms with E-state index in [0.717, 1.165) is 41.3 Å². The smallest absolute Gasteiger partial charge is 0.274 e. The standard InChI is InChI=1S/C15H26N4O4S/c1-17(2)8-14-12(10-22-4)7-13(23-14)11-24-6-5-18(3)15(16)9-19(20)21/h7,9H,5-6,8,10-11,16H2,1-4H3. The van der Waals surface area contributed by atoms with E-state index in [1.54, 1.807) is 30.8 Å². The Bertz CT molecular complexity index is 560. The fourth-order valence-electron chi connectivity index (χ4n) is 2.01. The third-order valence-corrected chi connectivity index (χ3v) is 4.16. The largest absolute Gasteiger partial charge is 0.463 e. The topological polar surface area (TPSA) is 98.0 Å². The zero-order valence-corrected chi connectivity index (χ0v) is 15.5. The molecule has 0 bridgehead atoms. The predicted octanol–water partition coefficient (Wildman–Crippen LogP) is 1.69. The molecule has 0 spiro atoms. The summed E-state index contributed by atoms with van der Waals surface area (Å²) < 4.78 is 11.1. The molecule has 1 aromatic heterocycles. The average Bonchev–Trinajstić information content (AvgIpc) is 2.84. The lowest BCUT2D eigenvalue weighted by Crippen LogP contribution is -2.26. The molecule has 0 unspecified atom stereocenters. The molecule has 136 valence electrons. The van der Waals surface area contributed by atoms with E-state index in [1.807, 2.05) is 25.1 Å². The molecule has 0 amide bonds. The summed E-state index contributed by atoms with van der Waals surface area (Å²) in [6, 6.07) is 2.03. The number of nitro groups is 1. The fraction of sp³-hybridized carbons (Fsp3) is 0.600. The lowest BCUT2D eigenvalue weighted by atomic mass is 10.2. The maximum absolute atomic E-state index is 10.4. The van der Waals surface area contributed by atoms with Crippen molar-refractivity contribution >= 4 is 11.8 Å². The first kappa shape index (κ1) is 20.3. The van der Waals surface area contributed by atoms with E-state index in [0.29, 0.717) is 13.2 Å². The number of thioether (sulfide) groups is 1. The number of hydrogen-bond donors (Lipinski definition) is 1. The van der Waals surface area contributed by atoms with Crippen LogP contribution in [-0.4, -0.2) is 55.3 Å². The Morgan fingerprint density at radius 2 is 2.21 bits per heavy atom. The van der Waals surface area contributed by atoms with Crippen LogP contribution in [0.2, 0.25) is 0 Å². The highest BCUT2D eigenvalue weighted by Gasteiger charge is 2.12. The van der Waals surface area contributed by atoms with Crippen LogP contribution in [0, 0.1) is 10.1 Å². The lowest BCUT2D eigenvalue weighted by Gasteiger charge is -2.16. The summed E-state index contributed by atoms with van der Waals surface area (Å²) in [5.41, 5.74) is 6.68. The Hall–Kier alpha value is -1.71. The van der Waals surface area contributed by atoms with Crippen LogP contribution in [0.15, 0.2) is 22.5 Å². The van der Waals surface area contributed by atoms with Gasteiger partial charge in [-0.3, -0.25) is 10.1 Å². The van der Waals surface area contributed by atoms with Gasteiger partial charge in [-0.1, -0.05) is 0 Å². The van der Waals surface area contributed by atoms with E-state index in [2.05, 4.69) is 0 Å². The molecule has 0 aromatic carbocycles. The van der Waals surface area contributed by atoms with Gasteiger partial charge in [-0.2, -0.15) is 11.8 Å². The highest BCUT2D eigenvalue weighted by Crippen LogP contribution is 2.22. The second-order valence-corrected chi connectivity index (χ2v) is 6.75. The van der Waals surface area contributed by atoms with Gasteiger partial charge in [0.05, 0.1) is 23.8 Å². The van der Waals surface area contributed by atoms with E-state index in [4.69, 9.17) is 14.9 Å². The SMILES string of the molecule is COCc1cc(CSCCN(C)C(N)=C[N+](=O)[O-])oc1CN(C)C. The maximum Gasteiger partial charge on any atom is 0.274 e. The van der Waals surface area contributed by atoms with Gasteiger partial charge in [-0.25, -0.2) is 0 Å². The molecule has 0 saturated heterocycles. The van der Waals surface area contributed by atoms with Crippen molar-refractivity contribution in [1.29, 1.82) is 0 Å². The molecule has 0 aliphatic heterocycles. The van der Waals surface area contributed by atoms with Gasteiger partial charge in [0.1, 0.15) is 11.5 Å². The highest BCUT2D eigenvalue weighted by molar-refractivity contribution is 7.98. The first-order valence-electron chi connectivity index (χ1n) is 7.47. The minimum atomic E-state index is -0.550. The molecule has 0 radical (unpaired) electrons. The second kappa shape index (κ2) is 10.2. The molecule has 24 heavy (non-hydrogen) atoms. The molecule has 0 saturated carbocycles. The van der Waals surface area contributed by atoms with E-state index in [9.17, 15) is 10.1 Å². The molecule has 2 N–H and O–H groups in total. The molecule has 0 aliphatic rings. The van der Waals surface area contributed by atoms with E-state index >= 15 is 0 Å². The van der Waals surface area contributed by atoms with Crippen LogP contribution < -0.4 is 5.73 Å². The van der Waals surface area contributed by atoms with Crippen molar-refractivity contribution in [1.82, 2.24) is 9.80 Å². The number of methoxy groups -OCH3 is 1. The fourth-order valence-corrected chi connectivity index (χ4v) is 2.90. The summed E-state index contributed by atoms with van der Waals surface area (Å²) in [6.07, 6.45) is 0.807. The third kappa shape index (κ3) is 7.24. The molecule has 9 heteroatoms. The Labute approximate surface area is 146 Å². The Morgan fingerprint density at radius 1 is 1.50 bits per heavy atom. The summed E-state index contributed by atoms with van der Waals surface area (Å²) in [5.74, 6) is 3.49. The van der Waals surface area contributed by atoms with Crippen LogP contribution in [0.1, 0.15) is 17.1 Å². The molecule has 0 fully saturated rings. The number of hydrogen-bond acceptors (Lipinski definition) is 8. The van der Waals surface area contributed by atoms with Crippen LogP contribution >= 0.6 is 11.8 Å². The van der Waals surface area contributed by atoms with Crippen LogP contribution in [0.3, 0.4) is 0 Å². The zero-order chi connectivity index (χ0) is 18.1. The minimum absolute atomic E-state index is 0.147. The maximum atomic E-state index is 10.4. The van der Waals surface area contributed by atoms with Crippen LogP contribution in [0.4, 0.5) is 0 Å². The van der Waals surface area contributed by atoms with Crippen molar-refractivity contribution in [3.8, 4) is 0 Å². The quantitative estimate of drug-likeness (QED) is 0.362. The monoisotopic (exact) mass is 358 g/mol. The second-order valence-electron chi connectivity index (χ2n) is 5.65. The van der Waals surface area contributed by atoms with Crippen molar-refractivity contribution < 1.29 is 14.1 Å². The summed E-state index contributed by atoms with van der Waals surface area (Å²) in [7, 11) is 7.38. The molecular formula is C15H26N4O4S. The molecule has 1 aromatic rings. The Morgan fingerprint density at radius 3 is 2.79 bits per heavy atom. The van der Waals surface area contributed by atoms with Crippen molar-refractivity contribution in [3.05, 3.63) is 45.3 Å². The number of furan rings is 1. The summed E-state index contributed by atoms with van der Waals surface area (Å²) in [4.78, 5) is 13.5. The van der Waals surface area contributed by atoms with Crippen molar-refractivity contribution in [2.24, 2.45) is 5.73 Å². The number of nitrogens with zero attached hydrogens (tertiary/aromatic N) is 3. The Balaban J connectivity index is 2.48. The number of ether oxygens (including phenoxy) is 1. The van der Waals surface area contributed by atoms with Crippen molar-refractivity contribution in [2.45, 2.75) is 18.9 Å². The van der Waals surface area contributed by atoms with Crippen molar-refractivity contribution in [2.75, 3.05) is 40.6 Å². The average molecular weight is 358 g/mol. The van der Waals surface area contributed by atoms with Gasteiger partial charge in [0, 0.05) is 32.0 Å². The molecule has 8 nitrogen and oxygen atoms in total. The van der Waals surface area contributed by atoms with Gasteiger partial charge in [-0.05, 0) is 20.2 Å². The molecule has 0 aliphatic carbocycles. The summed E-state index contributed by atoms with van der Waals surface area (Å²) in [5, 5.41) is 10.4. The first-order valence-corrected chi connectivity index (χ1v) is 8.62. The highest BCUT2D eigenvalue weighted by atomic mass is 32.2. The van der Waals surface area contributed by atoms with Crippen LogP contribution in [0.5, 0.6) is 0 Å². The minimum Gasteiger partial charge on any atom is -0.463 e.